The first-order chi connectivity index (χ1) is 18.6. The van der Waals surface area contributed by atoms with Crippen molar-refractivity contribution >= 4 is 3.26 Å². The normalized spacial score (nSPS) is 18.5. The van der Waals surface area contributed by atoms with Crippen molar-refractivity contribution in [2.75, 3.05) is 0 Å². The topological polar surface area (TPSA) is 0 Å². The second kappa shape index (κ2) is 10.4. The predicted octanol–water partition coefficient (Wildman–Crippen LogP) is 10.3. The van der Waals surface area contributed by atoms with Gasteiger partial charge in [-0.05, 0) is 0 Å². The standard InChI is InChI=1S/C21H25.C12H14.C5H5.Hf/c1-20(2,3)16-7-9-18-14(12-16)11-15-13-17(21(4,5)6)8-10-19(15)18;1-2-6-11(7-3-1)10-12-8-4-5-9-12;1-2-4-5-3-1;/h7-13H,1-6H3;1-3,6-7,12H,4-5,8-9H2;1-5H;. The van der Waals surface area contributed by atoms with Crippen molar-refractivity contribution in [3.8, 4) is 11.1 Å². The van der Waals surface area contributed by atoms with Crippen LogP contribution in [0.25, 0.3) is 11.1 Å². The fraction of sp³-hybridized carbons (Fsp3) is 0.395. The maximum atomic E-state index is 2.63. The van der Waals surface area contributed by atoms with Crippen molar-refractivity contribution in [3.05, 3.63) is 119 Å². The van der Waals surface area contributed by atoms with Crippen molar-refractivity contribution < 1.29 is 21.0 Å². The van der Waals surface area contributed by atoms with Gasteiger partial charge in [0.15, 0.2) is 0 Å². The quantitative estimate of drug-likeness (QED) is 0.241. The zero-order valence-corrected chi connectivity index (χ0v) is 28.3. The molecule has 3 aromatic carbocycles. The van der Waals surface area contributed by atoms with Crippen LogP contribution in [0.3, 0.4) is 0 Å². The van der Waals surface area contributed by atoms with E-state index in [4.69, 9.17) is 0 Å². The van der Waals surface area contributed by atoms with Gasteiger partial charge in [0, 0.05) is 0 Å². The van der Waals surface area contributed by atoms with Crippen LogP contribution in [0.1, 0.15) is 98.7 Å². The Morgan fingerprint density at radius 1 is 0.667 bits per heavy atom. The molecule has 0 unspecified atom stereocenters. The maximum absolute atomic E-state index is 2.69. The summed E-state index contributed by atoms with van der Waals surface area (Å²) in [6.07, 6.45) is 15.3. The fourth-order valence-corrected chi connectivity index (χ4v) is 21.9. The average Bonchev–Trinajstić information content (AvgIpc) is 3.67. The van der Waals surface area contributed by atoms with E-state index in [0.29, 0.717) is 7.35 Å². The summed E-state index contributed by atoms with van der Waals surface area (Å²) in [7, 11) is 0. The summed E-state index contributed by atoms with van der Waals surface area (Å²) in [4.78, 5) is 0. The van der Waals surface area contributed by atoms with E-state index in [0.717, 1.165) is 5.92 Å². The van der Waals surface area contributed by atoms with Crippen molar-refractivity contribution in [1.29, 1.82) is 0 Å². The van der Waals surface area contributed by atoms with Gasteiger partial charge in [-0.25, -0.2) is 0 Å². The number of hydrogen-bond acceptors (Lipinski definition) is 0. The molecule has 0 radical (unpaired) electrons. The molecular formula is C38H44Hf. The summed E-state index contributed by atoms with van der Waals surface area (Å²) in [5.41, 5.74) is 11.0. The first-order valence-electron chi connectivity index (χ1n) is 15.1. The van der Waals surface area contributed by atoms with Gasteiger partial charge in [-0.3, -0.25) is 0 Å². The number of benzene rings is 3. The Morgan fingerprint density at radius 2 is 1.18 bits per heavy atom. The van der Waals surface area contributed by atoms with Crippen LogP contribution in [-0.2, 0) is 31.8 Å². The first-order valence-corrected chi connectivity index (χ1v) is 21.0. The molecule has 3 aliphatic rings. The minimum absolute atomic E-state index is 0.140. The van der Waals surface area contributed by atoms with Crippen LogP contribution >= 0.6 is 0 Å². The van der Waals surface area contributed by atoms with Crippen molar-refractivity contribution in [2.24, 2.45) is 5.92 Å². The Hall–Kier alpha value is -2.12. The second-order valence-corrected chi connectivity index (χ2v) is 23.7. The molecule has 0 heterocycles. The zero-order valence-electron chi connectivity index (χ0n) is 24.7. The SMILES string of the molecule is CC(C)(C)c1ccc2c(c1)[CH]([Hf](=[C](c1ccccc1)C1CCCC1)[CH]1C=CC=C1)c1cc(C(C)(C)C)ccc1-2. The van der Waals surface area contributed by atoms with Crippen LogP contribution in [0.4, 0.5) is 0 Å². The van der Waals surface area contributed by atoms with Crippen molar-refractivity contribution in [2.45, 2.75) is 85.4 Å². The van der Waals surface area contributed by atoms with Gasteiger partial charge in [0.25, 0.3) is 0 Å². The molecule has 39 heavy (non-hydrogen) atoms. The summed E-state index contributed by atoms with van der Waals surface area (Å²) in [5, 5.41) is 0. The molecule has 0 nitrogen and oxygen atoms in total. The molecule has 0 N–H and O–H groups in total. The summed E-state index contributed by atoms with van der Waals surface area (Å²) < 4.78 is 3.08. The Labute approximate surface area is 244 Å². The van der Waals surface area contributed by atoms with Gasteiger partial charge in [-0.2, -0.15) is 0 Å². The van der Waals surface area contributed by atoms with E-state index in [1.807, 2.05) is 3.26 Å². The number of fused-ring (bicyclic) bond motifs is 3. The molecule has 1 fully saturated rings. The monoisotopic (exact) mass is 680 g/mol. The second-order valence-electron chi connectivity index (χ2n) is 14.0. The van der Waals surface area contributed by atoms with E-state index < -0.39 is 21.0 Å². The minimum atomic E-state index is -2.69. The van der Waals surface area contributed by atoms with Gasteiger partial charge in [0.2, 0.25) is 0 Å². The molecular weight excluding hydrogens is 635 g/mol. The average molecular weight is 679 g/mol. The molecule has 0 aliphatic heterocycles. The number of rotatable bonds is 4. The third-order valence-electron chi connectivity index (χ3n) is 9.32. The van der Waals surface area contributed by atoms with E-state index in [9.17, 15) is 0 Å². The third kappa shape index (κ3) is 5.10. The zero-order chi connectivity index (χ0) is 27.4. The number of allylic oxidation sites excluding steroid dienone is 4. The van der Waals surface area contributed by atoms with Crippen LogP contribution < -0.4 is 0 Å². The van der Waals surface area contributed by atoms with Crippen LogP contribution in [0, 0.1) is 5.92 Å². The van der Waals surface area contributed by atoms with Gasteiger partial charge < -0.3 is 0 Å². The molecule has 3 aromatic rings. The van der Waals surface area contributed by atoms with E-state index in [1.54, 1.807) is 16.7 Å². The van der Waals surface area contributed by atoms with E-state index in [1.165, 1.54) is 47.9 Å². The number of hydrogen-bond donors (Lipinski definition) is 0. The summed E-state index contributed by atoms with van der Waals surface area (Å²) in [6.45, 7) is 14.2. The van der Waals surface area contributed by atoms with Gasteiger partial charge in [0.1, 0.15) is 0 Å². The molecule has 0 saturated heterocycles. The molecule has 1 heteroatoms. The van der Waals surface area contributed by atoms with Crippen molar-refractivity contribution in [1.82, 2.24) is 0 Å². The van der Waals surface area contributed by atoms with E-state index in [2.05, 4.69) is 133 Å². The molecule has 0 aromatic heterocycles. The molecule has 200 valence electrons. The Morgan fingerprint density at radius 3 is 1.67 bits per heavy atom. The summed E-state index contributed by atoms with van der Waals surface area (Å²) >= 11 is -2.69. The first kappa shape index (κ1) is 27.1. The Kier molecular flexibility index (Phi) is 7.20. The summed E-state index contributed by atoms with van der Waals surface area (Å²) in [5.74, 6) is 0.751. The molecule has 3 aliphatic carbocycles. The van der Waals surface area contributed by atoms with E-state index in [-0.39, 0.29) is 10.8 Å². The van der Waals surface area contributed by atoms with Gasteiger partial charge in [-0.15, -0.1) is 0 Å². The predicted molar refractivity (Wildman–Crippen MR) is 166 cm³/mol. The van der Waals surface area contributed by atoms with Crippen LogP contribution in [0.2, 0.25) is 3.67 Å². The molecule has 0 atom stereocenters. The van der Waals surface area contributed by atoms with Crippen LogP contribution in [0.15, 0.2) is 91.0 Å². The molecule has 0 spiro atoms. The fourth-order valence-electron chi connectivity index (χ4n) is 7.17. The van der Waals surface area contributed by atoms with Gasteiger partial charge in [-0.1, -0.05) is 0 Å². The Balaban J connectivity index is 1.69. The van der Waals surface area contributed by atoms with Crippen LogP contribution in [0.5, 0.6) is 0 Å². The third-order valence-corrected chi connectivity index (χ3v) is 22.5. The molecule has 0 amide bonds. The van der Waals surface area contributed by atoms with Crippen LogP contribution in [-0.4, -0.2) is 3.26 Å². The van der Waals surface area contributed by atoms with Gasteiger partial charge in [0.05, 0.1) is 0 Å². The molecule has 6 rings (SSSR count). The van der Waals surface area contributed by atoms with Crippen molar-refractivity contribution in [3.63, 3.8) is 0 Å². The summed E-state index contributed by atoms with van der Waals surface area (Å²) in [6, 6.07) is 26.6. The Bertz CT molecular complexity index is 1390. The van der Waals surface area contributed by atoms with Gasteiger partial charge >= 0.3 is 246 Å². The molecule has 0 bridgehead atoms. The van der Waals surface area contributed by atoms with E-state index >= 15 is 0 Å². The molecule has 1 saturated carbocycles.